The minimum Gasteiger partial charge on any atom is -0.507 e. The summed E-state index contributed by atoms with van der Waals surface area (Å²) >= 11 is 0. The Balaban J connectivity index is 1.54. The van der Waals surface area contributed by atoms with Crippen LogP contribution < -0.4 is 0 Å². The number of para-hydroxylation sites is 2. The molecule has 0 unspecified atom stereocenters. The lowest BCUT2D eigenvalue weighted by molar-refractivity contribution is 0.104. The van der Waals surface area contributed by atoms with E-state index >= 15 is 0 Å². The molecule has 0 amide bonds. The van der Waals surface area contributed by atoms with E-state index in [0.717, 1.165) is 16.7 Å². The molecule has 1 heterocycles. The molecule has 0 fully saturated rings. The molecule has 0 atom stereocenters. The van der Waals surface area contributed by atoms with Gasteiger partial charge in [-0.15, -0.1) is 0 Å². The van der Waals surface area contributed by atoms with Gasteiger partial charge in [-0.05, 0) is 36.4 Å². The summed E-state index contributed by atoms with van der Waals surface area (Å²) in [7, 11) is 0. The third kappa shape index (κ3) is 3.07. The van der Waals surface area contributed by atoms with Crippen molar-refractivity contribution in [2.75, 3.05) is 0 Å². The minimum atomic E-state index is -0.231. The fraction of sp³-hybridized carbons (Fsp3) is 0. The second-order valence-corrected chi connectivity index (χ2v) is 7.18. The number of benzene rings is 4. The van der Waals surface area contributed by atoms with Crippen molar-refractivity contribution in [1.82, 2.24) is 4.57 Å². The fourth-order valence-electron chi connectivity index (χ4n) is 3.88. The van der Waals surface area contributed by atoms with Gasteiger partial charge in [0, 0.05) is 33.7 Å². The maximum atomic E-state index is 12.6. The highest BCUT2D eigenvalue weighted by Crippen LogP contribution is 2.31. The smallest absolute Gasteiger partial charge is 0.189 e. The minimum absolute atomic E-state index is 0.0351. The van der Waals surface area contributed by atoms with Gasteiger partial charge in [-0.25, -0.2) is 0 Å². The van der Waals surface area contributed by atoms with Crippen LogP contribution >= 0.6 is 0 Å². The molecule has 5 aromatic rings. The van der Waals surface area contributed by atoms with Crippen LogP contribution in [0.25, 0.3) is 33.3 Å². The van der Waals surface area contributed by atoms with Crippen LogP contribution in [0.2, 0.25) is 0 Å². The van der Waals surface area contributed by atoms with Gasteiger partial charge in [0.2, 0.25) is 0 Å². The summed E-state index contributed by atoms with van der Waals surface area (Å²) in [5.74, 6) is -0.266. The summed E-state index contributed by atoms with van der Waals surface area (Å²) < 4.78 is 2.20. The first-order chi connectivity index (χ1) is 14.7. The topological polar surface area (TPSA) is 42.2 Å². The number of hydrogen-bond donors (Lipinski definition) is 1. The number of aliphatic hydroxyl groups excluding tert-OH is 1. The molecule has 0 aliphatic rings. The third-order valence-electron chi connectivity index (χ3n) is 5.33. The quantitative estimate of drug-likeness (QED) is 0.215. The SMILES string of the molecule is O=C(/C=C(\O)c1ccccc1)c1ccc(-n2c3ccccc3c3ccccc32)cc1. The van der Waals surface area contributed by atoms with Crippen molar-refractivity contribution in [2.45, 2.75) is 0 Å². The Morgan fingerprint density at radius 3 is 1.77 bits per heavy atom. The van der Waals surface area contributed by atoms with Crippen molar-refractivity contribution < 1.29 is 9.90 Å². The molecular formula is C27H19NO2. The Bertz CT molecular complexity index is 1340. The van der Waals surface area contributed by atoms with Gasteiger partial charge in [0.25, 0.3) is 0 Å². The number of rotatable bonds is 4. The van der Waals surface area contributed by atoms with E-state index in [1.807, 2.05) is 54.6 Å². The second-order valence-electron chi connectivity index (χ2n) is 7.18. The van der Waals surface area contributed by atoms with Gasteiger partial charge >= 0.3 is 0 Å². The van der Waals surface area contributed by atoms with Crippen molar-refractivity contribution in [3.8, 4) is 5.69 Å². The van der Waals surface area contributed by atoms with Crippen molar-refractivity contribution in [3.05, 3.63) is 120 Å². The van der Waals surface area contributed by atoms with Gasteiger partial charge in [0.05, 0.1) is 11.0 Å². The predicted octanol–water partition coefficient (Wildman–Crippen LogP) is 6.57. The summed E-state index contributed by atoms with van der Waals surface area (Å²) in [5.41, 5.74) is 4.38. The molecule has 0 radical (unpaired) electrons. The van der Waals surface area contributed by atoms with Gasteiger partial charge < -0.3 is 9.67 Å². The number of aliphatic hydroxyl groups is 1. The Morgan fingerprint density at radius 1 is 0.633 bits per heavy atom. The normalized spacial score (nSPS) is 11.8. The highest BCUT2D eigenvalue weighted by atomic mass is 16.3. The van der Waals surface area contributed by atoms with Gasteiger partial charge in [-0.3, -0.25) is 4.79 Å². The Morgan fingerprint density at radius 2 is 1.17 bits per heavy atom. The average molecular weight is 389 g/mol. The molecule has 0 aliphatic carbocycles. The molecule has 0 saturated heterocycles. The first-order valence-electron chi connectivity index (χ1n) is 9.81. The zero-order valence-corrected chi connectivity index (χ0v) is 16.2. The number of aromatic nitrogens is 1. The summed E-state index contributed by atoms with van der Waals surface area (Å²) in [5, 5.41) is 12.6. The van der Waals surface area contributed by atoms with E-state index in [1.165, 1.54) is 16.8 Å². The molecule has 3 heteroatoms. The fourth-order valence-corrected chi connectivity index (χ4v) is 3.88. The number of carbonyl (C=O) groups excluding carboxylic acids is 1. The molecule has 0 spiro atoms. The highest BCUT2D eigenvalue weighted by molar-refractivity contribution is 6.10. The number of carbonyl (C=O) groups is 1. The summed E-state index contributed by atoms with van der Waals surface area (Å²) in [4.78, 5) is 12.6. The van der Waals surface area contributed by atoms with Crippen LogP contribution in [0.15, 0.2) is 109 Å². The van der Waals surface area contributed by atoms with Gasteiger partial charge in [-0.1, -0.05) is 66.7 Å². The molecule has 5 rings (SSSR count). The summed E-state index contributed by atoms with van der Waals surface area (Å²) in [6.45, 7) is 0. The number of ketones is 1. The number of fused-ring (bicyclic) bond motifs is 3. The zero-order chi connectivity index (χ0) is 20.5. The molecule has 0 aliphatic heterocycles. The molecule has 1 aromatic heterocycles. The second kappa shape index (κ2) is 7.37. The van der Waals surface area contributed by atoms with Crippen molar-refractivity contribution in [3.63, 3.8) is 0 Å². The molecule has 30 heavy (non-hydrogen) atoms. The summed E-state index contributed by atoms with van der Waals surface area (Å²) in [6, 6.07) is 33.2. The first kappa shape index (κ1) is 18.0. The van der Waals surface area contributed by atoms with Crippen molar-refractivity contribution in [2.24, 2.45) is 0 Å². The number of allylic oxidation sites excluding steroid dienone is 1. The molecule has 144 valence electrons. The monoisotopic (exact) mass is 389 g/mol. The van der Waals surface area contributed by atoms with Crippen LogP contribution in [0.5, 0.6) is 0 Å². The first-order valence-corrected chi connectivity index (χ1v) is 9.81. The Labute approximate surface area is 174 Å². The van der Waals surface area contributed by atoms with Crippen LogP contribution in [0, 0.1) is 0 Å². The van der Waals surface area contributed by atoms with Crippen LogP contribution in [0.1, 0.15) is 15.9 Å². The largest absolute Gasteiger partial charge is 0.507 e. The number of nitrogens with zero attached hydrogens (tertiary/aromatic N) is 1. The highest BCUT2D eigenvalue weighted by Gasteiger charge is 2.12. The van der Waals surface area contributed by atoms with E-state index in [1.54, 1.807) is 24.3 Å². The molecular weight excluding hydrogens is 370 g/mol. The van der Waals surface area contributed by atoms with Crippen molar-refractivity contribution >= 4 is 33.3 Å². The van der Waals surface area contributed by atoms with Gasteiger partial charge in [-0.2, -0.15) is 0 Å². The van der Waals surface area contributed by atoms with E-state index in [0.29, 0.717) is 11.1 Å². The van der Waals surface area contributed by atoms with Crippen LogP contribution in [0.3, 0.4) is 0 Å². The summed E-state index contributed by atoms with van der Waals surface area (Å²) in [6.07, 6.45) is 1.27. The molecule has 0 saturated carbocycles. The Kier molecular flexibility index (Phi) is 4.41. The van der Waals surface area contributed by atoms with Crippen LogP contribution in [0.4, 0.5) is 0 Å². The molecule has 0 bridgehead atoms. The van der Waals surface area contributed by atoms with Gasteiger partial charge in [0.1, 0.15) is 5.76 Å². The van der Waals surface area contributed by atoms with Gasteiger partial charge in [0.15, 0.2) is 5.78 Å². The lowest BCUT2D eigenvalue weighted by atomic mass is 10.1. The van der Waals surface area contributed by atoms with E-state index in [-0.39, 0.29) is 11.5 Å². The van der Waals surface area contributed by atoms with E-state index < -0.39 is 0 Å². The third-order valence-corrected chi connectivity index (χ3v) is 5.33. The maximum absolute atomic E-state index is 12.6. The zero-order valence-electron chi connectivity index (χ0n) is 16.2. The number of hydrogen-bond acceptors (Lipinski definition) is 2. The lowest BCUT2D eigenvalue weighted by Crippen LogP contribution is -1.99. The van der Waals surface area contributed by atoms with Crippen molar-refractivity contribution in [1.29, 1.82) is 0 Å². The average Bonchev–Trinajstić information content (AvgIpc) is 3.14. The van der Waals surface area contributed by atoms with E-state index in [2.05, 4.69) is 28.8 Å². The van der Waals surface area contributed by atoms with Crippen LogP contribution in [-0.2, 0) is 0 Å². The standard InChI is InChI=1S/C27H19NO2/c29-26(19-8-2-1-3-9-19)18-27(30)20-14-16-21(17-15-20)28-24-12-6-4-10-22(24)23-11-5-7-13-25(23)28/h1-18,29H/b26-18-. The maximum Gasteiger partial charge on any atom is 0.189 e. The molecule has 1 N–H and O–H groups in total. The van der Waals surface area contributed by atoms with E-state index in [4.69, 9.17) is 0 Å². The molecule has 4 aromatic carbocycles. The Hall–Kier alpha value is -4.11. The van der Waals surface area contributed by atoms with Crippen LogP contribution in [-0.4, -0.2) is 15.5 Å². The molecule has 3 nitrogen and oxygen atoms in total. The lowest BCUT2D eigenvalue weighted by Gasteiger charge is -2.08. The van der Waals surface area contributed by atoms with E-state index in [9.17, 15) is 9.90 Å². The predicted molar refractivity (Wildman–Crippen MR) is 122 cm³/mol.